The van der Waals surface area contributed by atoms with Crippen LogP contribution in [-0.2, 0) is 14.3 Å². The summed E-state index contributed by atoms with van der Waals surface area (Å²) in [4.78, 5) is 10.9. The standard InChI is InChI=1S/C10H18O6/c1-4(2)7-5(11)6(12)8(15-3)9(16-7)10(13)14/h4-9,11-12H,1-3H3,(H,13,14). The molecule has 1 aliphatic rings. The lowest BCUT2D eigenvalue weighted by Gasteiger charge is -2.42. The molecule has 0 aromatic carbocycles. The molecule has 1 rings (SSSR count). The van der Waals surface area contributed by atoms with Crippen molar-refractivity contribution >= 4 is 5.97 Å². The van der Waals surface area contributed by atoms with E-state index in [0.717, 1.165) is 0 Å². The van der Waals surface area contributed by atoms with Gasteiger partial charge in [-0.15, -0.1) is 0 Å². The second kappa shape index (κ2) is 5.09. The molecule has 0 bridgehead atoms. The zero-order valence-electron chi connectivity index (χ0n) is 9.53. The lowest BCUT2D eigenvalue weighted by molar-refractivity contribution is -0.240. The predicted octanol–water partition coefficient (Wildman–Crippen LogP) is -0.769. The fraction of sp³-hybridized carbons (Fsp3) is 0.900. The van der Waals surface area contributed by atoms with E-state index in [1.165, 1.54) is 7.11 Å². The van der Waals surface area contributed by atoms with Gasteiger partial charge in [-0.3, -0.25) is 0 Å². The van der Waals surface area contributed by atoms with E-state index >= 15 is 0 Å². The van der Waals surface area contributed by atoms with E-state index in [2.05, 4.69) is 0 Å². The van der Waals surface area contributed by atoms with Crippen LogP contribution >= 0.6 is 0 Å². The lowest BCUT2D eigenvalue weighted by Crippen LogP contribution is -2.61. The summed E-state index contributed by atoms with van der Waals surface area (Å²) < 4.78 is 10.1. The molecule has 6 nitrogen and oxygen atoms in total. The van der Waals surface area contributed by atoms with Crippen LogP contribution in [0.15, 0.2) is 0 Å². The Balaban J connectivity index is 2.90. The number of carbonyl (C=O) groups is 1. The maximum absolute atomic E-state index is 10.9. The summed E-state index contributed by atoms with van der Waals surface area (Å²) in [6.07, 6.45) is -5.41. The highest BCUT2D eigenvalue weighted by Gasteiger charge is 2.48. The second-order valence-electron chi connectivity index (χ2n) is 4.29. The number of aliphatic hydroxyl groups excluding tert-OH is 2. The Labute approximate surface area is 93.8 Å². The molecule has 6 heteroatoms. The summed E-state index contributed by atoms with van der Waals surface area (Å²) in [5.41, 5.74) is 0. The first-order chi connectivity index (χ1) is 7.40. The van der Waals surface area contributed by atoms with E-state index < -0.39 is 36.5 Å². The molecule has 1 saturated heterocycles. The van der Waals surface area contributed by atoms with Gasteiger partial charge in [0.2, 0.25) is 0 Å². The third-order valence-electron chi connectivity index (χ3n) is 2.80. The lowest BCUT2D eigenvalue weighted by atomic mass is 9.89. The second-order valence-corrected chi connectivity index (χ2v) is 4.29. The highest BCUT2D eigenvalue weighted by Crippen LogP contribution is 2.27. The minimum absolute atomic E-state index is 0.0932. The molecule has 0 aromatic rings. The number of aliphatic carboxylic acids is 1. The fourth-order valence-electron chi connectivity index (χ4n) is 1.91. The molecule has 0 aliphatic carbocycles. The molecule has 0 spiro atoms. The monoisotopic (exact) mass is 234 g/mol. The number of hydrogen-bond acceptors (Lipinski definition) is 5. The maximum Gasteiger partial charge on any atom is 0.335 e. The van der Waals surface area contributed by atoms with Gasteiger partial charge in [-0.1, -0.05) is 13.8 Å². The molecular formula is C10H18O6. The Kier molecular flexibility index (Phi) is 4.26. The van der Waals surface area contributed by atoms with Crippen LogP contribution in [0, 0.1) is 5.92 Å². The number of methoxy groups -OCH3 is 1. The normalized spacial score (nSPS) is 40.0. The van der Waals surface area contributed by atoms with Crippen molar-refractivity contribution in [1.29, 1.82) is 0 Å². The molecule has 1 fully saturated rings. The molecule has 0 saturated carbocycles. The van der Waals surface area contributed by atoms with Gasteiger partial charge < -0.3 is 24.8 Å². The fourth-order valence-corrected chi connectivity index (χ4v) is 1.91. The van der Waals surface area contributed by atoms with Crippen molar-refractivity contribution in [2.24, 2.45) is 5.92 Å². The van der Waals surface area contributed by atoms with Gasteiger partial charge in [-0.2, -0.15) is 0 Å². The number of carboxylic acids is 1. The first-order valence-corrected chi connectivity index (χ1v) is 5.17. The van der Waals surface area contributed by atoms with Crippen LogP contribution in [0.1, 0.15) is 13.8 Å². The molecule has 0 aromatic heterocycles. The van der Waals surface area contributed by atoms with Gasteiger partial charge in [0, 0.05) is 7.11 Å². The Morgan fingerprint density at radius 2 is 1.88 bits per heavy atom. The average molecular weight is 234 g/mol. The van der Waals surface area contributed by atoms with Crippen LogP contribution in [0.4, 0.5) is 0 Å². The third-order valence-corrected chi connectivity index (χ3v) is 2.80. The minimum atomic E-state index is -1.26. The van der Waals surface area contributed by atoms with Crippen molar-refractivity contribution < 1.29 is 29.6 Å². The first-order valence-electron chi connectivity index (χ1n) is 5.17. The van der Waals surface area contributed by atoms with Crippen LogP contribution in [0.25, 0.3) is 0 Å². The quantitative estimate of drug-likeness (QED) is 0.593. The number of carboxylic acid groups (broad SMARTS) is 1. The average Bonchev–Trinajstić information content (AvgIpc) is 2.20. The third kappa shape index (κ3) is 2.35. The molecule has 16 heavy (non-hydrogen) atoms. The van der Waals surface area contributed by atoms with Crippen molar-refractivity contribution in [1.82, 2.24) is 0 Å². The van der Waals surface area contributed by atoms with Crippen molar-refractivity contribution in [3.05, 3.63) is 0 Å². The van der Waals surface area contributed by atoms with Crippen LogP contribution < -0.4 is 0 Å². The van der Waals surface area contributed by atoms with Gasteiger partial charge in [0.25, 0.3) is 0 Å². The SMILES string of the molecule is COC1C(C(=O)O)OC(C(C)C)C(O)C1O. The molecule has 0 radical (unpaired) electrons. The molecule has 5 unspecified atom stereocenters. The Hall–Kier alpha value is -0.690. The van der Waals surface area contributed by atoms with Crippen molar-refractivity contribution in [2.75, 3.05) is 7.11 Å². The van der Waals surface area contributed by atoms with E-state index in [1.54, 1.807) is 13.8 Å². The smallest absolute Gasteiger partial charge is 0.335 e. The molecule has 3 N–H and O–H groups in total. The molecule has 0 amide bonds. The molecular weight excluding hydrogens is 216 g/mol. The van der Waals surface area contributed by atoms with Gasteiger partial charge in [-0.25, -0.2) is 4.79 Å². The zero-order valence-corrected chi connectivity index (χ0v) is 9.53. The minimum Gasteiger partial charge on any atom is -0.479 e. The van der Waals surface area contributed by atoms with E-state index in [4.69, 9.17) is 14.6 Å². The molecule has 5 atom stereocenters. The van der Waals surface area contributed by atoms with Crippen LogP contribution in [0.3, 0.4) is 0 Å². The van der Waals surface area contributed by atoms with Gasteiger partial charge in [0.15, 0.2) is 6.10 Å². The largest absolute Gasteiger partial charge is 0.479 e. The van der Waals surface area contributed by atoms with E-state index in [9.17, 15) is 15.0 Å². The summed E-state index contributed by atoms with van der Waals surface area (Å²) in [7, 11) is 1.27. The van der Waals surface area contributed by atoms with Gasteiger partial charge in [0.05, 0.1) is 6.10 Å². The Bertz CT molecular complexity index is 254. The first kappa shape index (κ1) is 13.4. The summed E-state index contributed by atoms with van der Waals surface area (Å²) >= 11 is 0. The topological polar surface area (TPSA) is 96.2 Å². The summed E-state index contributed by atoms with van der Waals surface area (Å²) in [5.74, 6) is -1.30. The van der Waals surface area contributed by atoms with E-state index in [1.807, 2.05) is 0 Å². The van der Waals surface area contributed by atoms with Crippen LogP contribution in [0.2, 0.25) is 0 Å². The van der Waals surface area contributed by atoms with Crippen molar-refractivity contribution in [3.8, 4) is 0 Å². The van der Waals surface area contributed by atoms with Crippen LogP contribution in [-0.4, -0.2) is 58.9 Å². The summed E-state index contributed by atoms with van der Waals surface area (Å²) in [6, 6.07) is 0. The number of rotatable bonds is 3. The Morgan fingerprint density at radius 1 is 1.31 bits per heavy atom. The molecule has 1 aliphatic heterocycles. The highest BCUT2D eigenvalue weighted by molar-refractivity contribution is 5.73. The van der Waals surface area contributed by atoms with Gasteiger partial charge in [-0.05, 0) is 5.92 Å². The van der Waals surface area contributed by atoms with E-state index in [-0.39, 0.29) is 5.92 Å². The highest BCUT2D eigenvalue weighted by atomic mass is 16.6. The molecule has 94 valence electrons. The van der Waals surface area contributed by atoms with E-state index in [0.29, 0.717) is 0 Å². The molecule has 1 heterocycles. The van der Waals surface area contributed by atoms with Crippen LogP contribution in [0.5, 0.6) is 0 Å². The summed E-state index contributed by atoms with van der Waals surface area (Å²) in [5, 5.41) is 28.5. The zero-order chi connectivity index (χ0) is 12.5. The van der Waals surface area contributed by atoms with Crippen molar-refractivity contribution in [2.45, 2.75) is 44.4 Å². The van der Waals surface area contributed by atoms with Gasteiger partial charge >= 0.3 is 5.97 Å². The number of ether oxygens (including phenoxy) is 2. The Morgan fingerprint density at radius 3 is 2.25 bits per heavy atom. The number of aliphatic hydroxyl groups is 2. The predicted molar refractivity (Wildman–Crippen MR) is 53.9 cm³/mol. The number of hydrogen-bond donors (Lipinski definition) is 3. The summed E-state index contributed by atoms with van der Waals surface area (Å²) in [6.45, 7) is 3.57. The maximum atomic E-state index is 10.9. The van der Waals surface area contributed by atoms with Crippen molar-refractivity contribution in [3.63, 3.8) is 0 Å². The van der Waals surface area contributed by atoms with Gasteiger partial charge in [0.1, 0.15) is 18.3 Å².